The summed E-state index contributed by atoms with van der Waals surface area (Å²) in [5, 5.41) is 9.83. The smallest absolute Gasteiger partial charge is 0.120 e. The van der Waals surface area contributed by atoms with Crippen LogP contribution in [0.2, 0.25) is 0 Å². The van der Waals surface area contributed by atoms with Crippen molar-refractivity contribution in [2.75, 3.05) is 0 Å². The van der Waals surface area contributed by atoms with Crippen LogP contribution in [0.4, 0.5) is 0 Å². The normalized spacial score (nSPS) is 11.6. The maximum Gasteiger partial charge on any atom is 0.120 e. The van der Waals surface area contributed by atoms with E-state index in [-0.39, 0.29) is 10.8 Å². The molecule has 22 heavy (non-hydrogen) atoms. The van der Waals surface area contributed by atoms with Crippen LogP contribution in [0.3, 0.4) is 0 Å². The Morgan fingerprint density at radius 3 is 2.00 bits per heavy atom. The highest BCUT2D eigenvalue weighted by molar-refractivity contribution is 5.41. The van der Waals surface area contributed by atoms with E-state index < -0.39 is 5.60 Å². The lowest BCUT2D eigenvalue weighted by Gasteiger charge is -2.24. The Hall–Kier alpha value is -1.66. The zero-order valence-corrected chi connectivity index (χ0v) is 15.2. The van der Waals surface area contributed by atoms with Gasteiger partial charge in [-0.1, -0.05) is 64.2 Å². The van der Waals surface area contributed by atoms with Crippen molar-refractivity contribution in [3.8, 4) is 24.2 Å². The van der Waals surface area contributed by atoms with Gasteiger partial charge in [-0.15, -0.1) is 13.0 Å². The van der Waals surface area contributed by atoms with Gasteiger partial charge < -0.3 is 5.11 Å². The number of rotatable bonds is 4. The summed E-state index contributed by atoms with van der Waals surface area (Å²) in [6, 6.07) is 0. The molecule has 120 valence electrons. The summed E-state index contributed by atoms with van der Waals surface area (Å²) in [7, 11) is 0. The van der Waals surface area contributed by atoms with Crippen molar-refractivity contribution in [3.63, 3.8) is 0 Å². The van der Waals surface area contributed by atoms with E-state index in [1.165, 1.54) is 0 Å². The van der Waals surface area contributed by atoms with Crippen LogP contribution in [0, 0.1) is 35.0 Å². The zero-order chi connectivity index (χ0) is 17.6. The van der Waals surface area contributed by atoms with Crippen molar-refractivity contribution in [3.05, 3.63) is 29.5 Å². The van der Waals surface area contributed by atoms with Gasteiger partial charge in [0, 0.05) is 10.8 Å². The average molecular weight is 298 g/mol. The van der Waals surface area contributed by atoms with Crippen molar-refractivity contribution in [1.29, 1.82) is 0 Å². The Morgan fingerprint density at radius 1 is 1.09 bits per heavy atom. The second-order valence-corrected chi connectivity index (χ2v) is 7.79. The molecule has 0 aromatic carbocycles. The maximum atomic E-state index is 9.83. The molecule has 0 rings (SSSR count). The van der Waals surface area contributed by atoms with Gasteiger partial charge in [-0.2, -0.15) is 0 Å². The molecular weight excluding hydrogens is 268 g/mol. The molecule has 0 aliphatic rings. The fourth-order valence-corrected chi connectivity index (χ4v) is 1.74. The molecular formula is C21H30O. The van der Waals surface area contributed by atoms with E-state index in [9.17, 15) is 5.11 Å². The van der Waals surface area contributed by atoms with Gasteiger partial charge in [0.1, 0.15) is 5.60 Å². The van der Waals surface area contributed by atoms with Crippen LogP contribution in [-0.2, 0) is 0 Å². The van der Waals surface area contributed by atoms with Gasteiger partial charge in [0.2, 0.25) is 0 Å². The molecule has 0 aliphatic carbocycles. The first-order valence-corrected chi connectivity index (χ1v) is 7.68. The second kappa shape index (κ2) is 7.56. The molecule has 1 N–H and O–H groups in total. The highest BCUT2D eigenvalue weighted by atomic mass is 16.3. The first-order valence-electron chi connectivity index (χ1n) is 7.68. The van der Waals surface area contributed by atoms with E-state index in [4.69, 9.17) is 6.42 Å². The van der Waals surface area contributed by atoms with E-state index >= 15 is 0 Å². The number of terminal acetylenes is 1. The summed E-state index contributed by atoms with van der Waals surface area (Å²) in [4.78, 5) is 0. The Morgan fingerprint density at radius 2 is 1.64 bits per heavy atom. The predicted octanol–water partition coefficient (Wildman–Crippen LogP) is 4.88. The summed E-state index contributed by atoms with van der Waals surface area (Å²) in [6.07, 6.45) is 9.44. The number of aliphatic hydroxyl groups is 1. The molecule has 0 aromatic rings. The van der Waals surface area contributed by atoms with E-state index in [0.717, 1.165) is 24.0 Å². The third-order valence-corrected chi connectivity index (χ3v) is 3.29. The van der Waals surface area contributed by atoms with Gasteiger partial charge in [0.15, 0.2) is 0 Å². The number of hydrogen-bond acceptors (Lipinski definition) is 1. The third-order valence-electron chi connectivity index (χ3n) is 3.29. The van der Waals surface area contributed by atoms with Gasteiger partial charge >= 0.3 is 0 Å². The predicted molar refractivity (Wildman–Crippen MR) is 96.1 cm³/mol. The molecule has 1 heteroatoms. The van der Waals surface area contributed by atoms with Crippen LogP contribution in [-0.4, -0.2) is 10.7 Å². The zero-order valence-electron chi connectivity index (χ0n) is 15.2. The molecule has 0 radical (unpaired) electrons. The SMILES string of the molecule is C#CC(=C=C(C#CC(C)(C)O)C(C)(C)C)C(C)(C)CCC=C. The van der Waals surface area contributed by atoms with Gasteiger partial charge in [0.05, 0.1) is 11.1 Å². The second-order valence-electron chi connectivity index (χ2n) is 7.79. The Balaban J connectivity index is 6.15. The topological polar surface area (TPSA) is 20.2 Å². The molecule has 0 saturated carbocycles. The van der Waals surface area contributed by atoms with Crippen LogP contribution >= 0.6 is 0 Å². The van der Waals surface area contributed by atoms with Crippen LogP contribution in [0.25, 0.3) is 0 Å². The maximum absolute atomic E-state index is 9.83. The first kappa shape index (κ1) is 20.3. The van der Waals surface area contributed by atoms with E-state index in [2.05, 4.69) is 64.7 Å². The lowest BCUT2D eigenvalue weighted by atomic mass is 9.79. The minimum absolute atomic E-state index is 0.157. The quantitative estimate of drug-likeness (QED) is 0.445. The average Bonchev–Trinajstić information content (AvgIpc) is 2.33. The lowest BCUT2D eigenvalue weighted by Crippen LogP contribution is -2.16. The van der Waals surface area contributed by atoms with Crippen LogP contribution in [0.1, 0.15) is 61.3 Å². The minimum Gasteiger partial charge on any atom is -0.378 e. The number of allylic oxidation sites excluding steroid dienone is 2. The molecule has 0 atom stereocenters. The molecule has 0 aliphatic heterocycles. The van der Waals surface area contributed by atoms with Crippen molar-refractivity contribution in [1.82, 2.24) is 0 Å². The summed E-state index contributed by atoms with van der Waals surface area (Å²) < 4.78 is 0. The molecule has 0 spiro atoms. The Labute approximate surface area is 137 Å². The third kappa shape index (κ3) is 7.38. The first-order chi connectivity index (χ1) is 9.83. The number of hydrogen-bond donors (Lipinski definition) is 1. The highest BCUT2D eigenvalue weighted by Crippen LogP contribution is 2.33. The Kier molecular flexibility index (Phi) is 6.99. The van der Waals surface area contributed by atoms with Crippen molar-refractivity contribution < 1.29 is 5.11 Å². The van der Waals surface area contributed by atoms with Crippen LogP contribution in [0.5, 0.6) is 0 Å². The van der Waals surface area contributed by atoms with Gasteiger partial charge in [-0.05, 0) is 26.7 Å². The fourth-order valence-electron chi connectivity index (χ4n) is 1.74. The van der Waals surface area contributed by atoms with E-state index in [1.54, 1.807) is 13.8 Å². The monoisotopic (exact) mass is 298 g/mol. The fraction of sp³-hybridized carbons (Fsp3) is 0.571. The van der Waals surface area contributed by atoms with Gasteiger partial charge in [-0.3, -0.25) is 0 Å². The molecule has 0 saturated heterocycles. The molecule has 0 heterocycles. The molecule has 0 unspecified atom stereocenters. The van der Waals surface area contributed by atoms with E-state index in [0.29, 0.717) is 0 Å². The largest absolute Gasteiger partial charge is 0.378 e. The van der Waals surface area contributed by atoms with Crippen LogP contribution < -0.4 is 0 Å². The van der Waals surface area contributed by atoms with Gasteiger partial charge in [0.25, 0.3) is 0 Å². The summed E-state index contributed by atoms with van der Waals surface area (Å²) in [5.74, 6) is 8.69. The lowest BCUT2D eigenvalue weighted by molar-refractivity contribution is 0.143. The molecule has 0 bridgehead atoms. The molecule has 0 aromatic heterocycles. The van der Waals surface area contributed by atoms with Crippen LogP contribution in [0.15, 0.2) is 29.5 Å². The summed E-state index contributed by atoms with van der Waals surface area (Å²) in [6.45, 7) is 17.5. The van der Waals surface area contributed by atoms with Gasteiger partial charge in [-0.25, -0.2) is 0 Å². The summed E-state index contributed by atoms with van der Waals surface area (Å²) >= 11 is 0. The highest BCUT2D eigenvalue weighted by Gasteiger charge is 2.23. The van der Waals surface area contributed by atoms with Crippen molar-refractivity contribution in [2.24, 2.45) is 10.8 Å². The molecule has 0 fully saturated rings. The van der Waals surface area contributed by atoms with Crippen molar-refractivity contribution in [2.45, 2.75) is 66.9 Å². The Bertz CT molecular complexity index is 563. The molecule has 1 nitrogen and oxygen atoms in total. The minimum atomic E-state index is -1.03. The summed E-state index contributed by atoms with van der Waals surface area (Å²) in [5.41, 5.74) is 3.59. The molecule has 0 amide bonds. The van der Waals surface area contributed by atoms with E-state index in [1.807, 2.05) is 6.08 Å². The van der Waals surface area contributed by atoms with Crippen molar-refractivity contribution >= 4 is 0 Å². The standard InChI is InChI=1S/C21H30O/c1-10-12-14-20(6,7)17(11-2)16-18(19(3,4)5)13-15-21(8,9)22/h2,10,22H,1,12,14H2,3-9H3.